The zero-order valence-corrected chi connectivity index (χ0v) is 33.6. The summed E-state index contributed by atoms with van der Waals surface area (Å²) in [7, 11) is 3.10. The Morgan fingerprint density at radius 1 is 1.02 bits per heavy atom. The third-order valence-electron chi connectivity index (χ3n) is 10.2. The Balaban J connectivity index is 1.56. The first-order chi connectivity index (χ1) is 26.2. The van der Waals surface area contributed by atoms with Crippen molar-refractivity contribution in [3.63, 3.8) is 0 Å². The fourth-order valence-corrected chi connectivity index (χ4v) is 8.17. The van der Waals surface area contributed by atoms with Gasteiger partial charge in [0.05, 0.1) is 47.8 Å². The Labute approximate surface area is 329 Å². The molecule has 0 bridgehead atoms. The first kappa shape index (κ1) is 39.5. The molecule has 2 aromatic heterocycles. The van der Waals surface area contributed by atoms with Crippen LogP contribution in [0.1, 0.15) is 76.5 Å². The number of fused-ring (bicyclic) bond motifs is 4. The minimum atomic E-state index is -1.09. The maximum atomic E-state index is 15.3. The predicted octanol–water partition coefficient (Wildman–Crippen LogP) is 8.13. The highest BCUT2D eigenvalue weighted by atomic mass is 35.5. The van der Waals surface area contributed by atoms with E-state index < -0.39 is 5.97 Å². The Morgan fingerprint density at radius 3 is 2.35 bits per heavy atom. The molecule has 0 saturated heterocycles. The van der Waals surface area contributed by atoms with Crippen LogP contribution in [0.5, 0.6) is 11.5 Å². The van der Waals surface area contributed by atoms with Crippen molar-refractivity contribution < 1.29 is 28.9 Å². The molecule has 0 saturated carbocycles. The topological polar surface area (TPSA) is 160 Å². The Morgan fingerprint density at radius 2 is 1.73 bits per heavy atom. The van der Waals surface area contributed by atoms with Crippen molar-refractivity contribution in [2.24, 2.45) is 16.7 Å². The summed E-state index contributed by atoms with van der Waals surface area (Å²) in [6.45, 7) is 10.6. The highest BCUT2D eigenvalue weighted by Gasteiger charge is 2.38. The molecule has 5 aromatic rings. The van der Waals surface area contributed by atoms with E-state index in [1.807, 2.05) is 49.6 Å². The molecular formula is C41H46Cl2N6O6. The number of ether oxygens (including phenoxy) is 3. The lowest BCUT2D eigenvalue weighted by molar-refractivity contribution is 0.0683. The number of hydrazone groups is 1. The average Bonchev–Trinajstić information content (AvgIpc) is 3.69. The third-order valence-corrected chi connectivity index (χ3v) is 11.1. The second-order valence-electron chi connectivity index (χ2n) is 13.9. The van der Waals surface area contributed by atoms with E-state index in [0.717, 1.165) is 33.3 Å². The minimum absolute atomic E-state index is 0.0765. The Bertz CT molecular complexity index is 2380. The number of nitrogens with two attached hydrogens (primary N) is 2. The van der Waals surface area contributed by atoms with Crippen molar-refractivity contribution in [2.45, 2.75) is 60.0 Å². The molecule has 12 nitrogen and oxygen atoms in total. The predicted molar refractivity (Wildman–Crippen MR) is 219 cm³/mol. The number of aryl methyl sites for hydroxylation is 3. The number of benzene rings is 3. The SMILES string of the molecule is COCCn1c(C(=O)O)cc2cc(OC)cc(N3C[C@@H](C)n4c(c(CCCOc5cc(C)c(Cl)c(C)c5)c5ccc(Cl)c(C(C(C)=NN)=C(C)N)c54)C3=O)c21. The van der Waals surface area contributed by atoms with Gasteiger partial charge in [0.25, 0.3) is 5.91 Å². The van der Waals surface area contributed by atoms with E-state index in [1.54, 1.807) is 55.7 Å². The summed E-state index contributed by atoms with van der Waals surface area (Å²) in [6, 6.07) is 12.5. The second-order valence-corrected chi connectivity index (χ2v) is 14.7. The largest absolute Gasteiger partial charge is 0.497 e. The molecule has 5 N–H and O–H groups in total. The van der Waals surface area contributed by atoms with Gasteiger partial charge in [0.15, 0.2) is 0 Å². The Hall–Kier alpha value is -5.17. The normalized spacial score (nSPS) is 15.1. The molecule has 0 radical (unpaired) electrons. The lowest BCUT2D eigenvalue weighted by Crippen LogP contribution is -2.43. The Kier molecular flexibility index (Phi) is 11.4. The highest BCUT2D eigenvalue weighted by molar-refractivity contribution is 6.38. The number of carbonyl (C=O) groups is 2. The van der Waals surface area contributed by atoms with E-state index in [0.29, 0.717) is 80.1 Å². The summed E-state index contributed by atoms with van der Waals surface area (Å²) in [5.74, 6) is 5.66. The molecule has 55 heavy (non-hydrogen) atoms. The maximum absolute atomic E-state index is 15.3. The van der Waals surface area contributed by atoms with E-state index >= 15 is 4.79 Å². The average molecular weight is 790 g/mol. The van der Waals surface area contributed by atoms with Crippen molar-refractivity contribution in [3.05, 3.63) is 91.8 Å². The molecule has 3 aromatic carbocycles. The van der Waals surface area contributed by atoms with Gasteiger partial charge >= 0.3 is 5.97 Å². The number of nitrogens with zero attached hydrogens (tertiary/aromatic N) is 4. The standard InChI is InChI=1S/C41H46Cl2N6O6/c1-21-15-28(16-22(2)36(21)43)55-13-8-9-29-30-10-11-31(42)35(34(24(4)44)25(5)46-45)38(30)49-23(3)20-48(40(50)39(29)49)32-19-27(54-7)17-26-18-33(41(51)52)47(37(26)32)12-14-53-6/h10-11,15-19,23H,8-9,12-14,20,44-45H2,1-7H3,(H,51,52)/t23-/m1/s1. The lowest BCUT2D eigenvalue weighted by atomic mass is 9.96. The van der Waals surface area contributed by atoms with Gasteiger partial charge in [0, 0.05) is 64.9 Å². The van der Waals surface area contributed by atoms with Gasteiger partial charge in [-0.3, -0.25) is 4.79 Å². The van der Waals surface area contributed by atoms with E-state index in [-0.39, 0.29) is 37.3 Å². The molecule has 0 spiro atoms. The minimum Gasteiger partial charge on any atom is -0.497 e. The number of rotatable bonds is 13. The first-order valence-electron chi connectivity index (χ1n) is 18.0. The van der Waals surface area contributed by atoms with Crippen molar-refractivity contribution in [1.29, 1.82) is 0 Å². The van der Waals surface area contributed by atoms with E-state index in [1.165, 1.54) is 0 Å². The number of methoxy groups -OCH3 is 2. The highest BCUT2D eigenvalue weighted by Crippen LogP contribution is 2.44. The number of aromatic nitrogens is 2. The monoisotopic (exact) mass is 788 g/mol. The summed E-state index contributed by atoms with van der Waals surface area (Å²) in [5.41, 5.74) is 13.8. The number of carbonyl (C=O) groups excluding carboxylic acids is 1. The van der Waals surface area contributed by atoms with Gasteiger partial charge in [-0.1, -0.05) is 29.3 Å². The number of carboxylic acid groups (broad SMARTS) is 1. The summed E-state index contributed by atoms with van der Waals surface area (Å²) < 4.78 is 21.0. The summed E-state index contributed by atoms with van der Waals surface area (Å²) in [6.07, 6.45) is 1.07. The molecule has 1 aliphatic rings. The second kappa shape index (κ2) is 15.9. The van der Waals surface area contributed by atoms with E-state index in [2.05, 4.69) is 5.10 Å². The first-order valence-corrected chi connectivity index (χ1v) is 18.7. The van der Waals surface area contributed by atoms with Gasteiger partial charge in [-0.2, -0.15) is 5.10 Å². The van der Waals surface area contributed by atoms with Crippen LogP contribution in [0.4, 0.5) is 5.69 Å². The fraction of sp³-hybridized carbons (Fsp3) is 0.341. The van der Waals surface area contributed by atoms with Crippen molar-refractivity contribution in [3.8, 4) is 11.5 Å². The summed E-state index contributed by atoms with van der Waals surface area (Å²) in [4.78, 5) is 29.5. The molecule has 14 heteroatoms. The van der Waals surface area contributed by atoms with Crippen molar-refractivity contribution in [1.82, 2.24) is 9.13 Å². The molecular weight excluding hydrogens is 743 g/mol. The molecule has 1 atom stereocenters. The van der Waals surface area contributed by atoms with Gasteiger partial charge in [-0.25, -0.2) is 4.79 Å². The molecule has 1 amide bonds. The molecule has 0 aliphatic carbocycles. The molecule has 6 rings (SSSR count). The van der Waals surface area contributed by atoms with E-state index in [9.17, 15) is 9.90 Å². The van der Waals surface area contributed by atoms with Gasteiger partial charge in [-0.15, -0.1) is 0 Å². The summed E-state index contributed by atoms with van der Waals surface area (Å²) in [5, 5.41) is 16.8. The van der Waals surface area contributed by atoms with Gasteiger partial charge in [0.1, 0.15) is 22.9 Å². The van der Waals surface area contributed by atoms with Crippen LogP contribution in [-0.2, 0) is 17.7 Å². The summed E-state index contributed by atoms with van der Waals surface area (Å²) >= 11 is 13.4. The van der Waals surface area contributed by atoms with Crippen LogP contribution in [0.25, 0.3) is 27.4 Å². The number of carboxylic acids is 1. The van der Waals surface area contributed by atoms with Crippen LogP contribution in [0.15, 0.2) is 53.3 Å². The smallest absolute Gasteiger partial charge is 0.352 e. The molecule has 1 aliphatic heterocycles. The van der Waals surface area contributed by atoms with Crippen LogP contribution in [0.3, 0.4) is 0 Å². The molecule has 290 valence electrons. The molecule has 0 fully saturated rings. The number of allylic oxidation sites excluding steroid dienone is 2. The fourth-order valence-electron chi connectivity index (χ4n) is 7.81. The quantitative estimate of drug-likeness (QED) is 0.0467. The van der Waals surface area contributed by atoms with Crippen LogP contribution >= 0.6 is 23.2 Å². The van der Waals surface area contributed by atoms with Crippen LogP contribution < -0.4 is 25.9 Å². The maximum Gasteiger partial charge on any atom is 0.352 e. The zero-order valence-electron chi connectivity index (χ0n) is 32.0. The molecule has 3 heterocycles. The zero-order chi connectivity index (χ0) is 39.9. The van der Waals surface area contributed by atoms with E-state index in [4.69, 9.17) is 49.0 Å². The number of anilines is 1. The third kappa shape index (κ3) is 7.10. The van der Waals surface area contributed by atoms with Gasteiger partial charge in [-0.05, 0) is 94.5 Å². The number of hydrogen-bond acceptors (Lipinski definition) is 8. The van der Waals surface area contributed by atoms with Gasteiger partial charge < -0.3 is 44.9 Å². The van der Waals surface area contributed by atoms with Crippen LogP contribution in [-0.4, -0.2) is 65.8 Å². The number of aromatic carboxylic acids is 1. The van der Waals surface area contributed by atoms with Crippen LogP contribution in [0.2, 0.25) is 10.0 Å². The lowest BCUT2D eigenvalue weighted by Gasteiger charge is -2.35. The number of halogens is 2. The number of hydrogen-bond donors (Lipinski definition) is 3. The van der Waals surface area contributed by atoms with Crippen molar-refractivity contribution >= 4 is 73.9 Å². The molecule has 0 unspecified atom stereocenters. The number of amides is 1. The van der Waals surface area contributed by atoms with Crippen molar-refractivity contribution in [2.75, 3.05) is 38.9 Å². The van der Waals surface area contributed by atoms with Gasteiger partial charge in [0.2, 0.25) is 0 Å². The van der Waals surface area contributed by atoms with Crippen LogP contribution in [0, 0.1) is 13.8 Å².